The first-order valence-corrected chi connectivity index (χ1v) is 7.41. The van der Waals surface area contributed by atoms with Gasteiger partial charge >= 0.3 is 6.03 Å². The molecule has 0 aliphatic carbocycles. The van der Waals surface area contributed by atoms with Crippen molar-refractivity contribution in [1.82, 2.24) is 15.1 Å². The number of piperidine rings is 1. The maximum atomic E-state index is 11.9. The SMILES string of the molecule is CC(O)CCN(C)C(=O)NC(C)CN1CCCCC1. The summed E-state index contributed by atoms with van der Waals surface area (Å²) in [6.45, 7) is 7.60. The molecule has 2 atom stereocenters. The number of nitrogens with zero attached hydrogens (tertiary/aromatic N) is 2. The number of rotatable bonds is 6. The molecule has 2 N–H and O–H groups in total. The Hall–Kier alpha value is -0.810. The van der Waals surface area contributed by atoms with Gasteiger partial charge in [0.1, 0.15) is 0 Å². The standard InChI is InChI=1S/C14H29N3O2/c1-12(11-17-8-5-4-6-9-17)15-14(19)16(3)10-7-13(2)18/h12-13,18H,4-11H2,1-3H3,(H,15,19). The Labute approximate surface area is 117 Å². The molecule has 19 heavy (non-hydrogen) atoms. The summed E-state index contributed by atoms with van der Waals surface area (Å²) in [6.07, 6.45) is 4.13. The van der Waals surface area contributed by atoms with Crippen molar-refractivity contribution in [2.75, 3.05) is 33.2 Å². The molecule has 1 saturated heterocycles. The molecule has 2 amide bonds. The van der Waals surface area contributed by atoms with E-state index in [1.807, 2.05) is 0 Å². The van der Waals surface area contributed by atoms with Crippen molar-refractivity contribution < 1.29 is 9.90 Å². The van der Waals surface area contributed by atoms with Gasteiger partial charge in [-0.15, -0.1) is 0 Å². The third-order valence-corrected chi connectivity index (χ3v) is 3.58. The minimum atomic E-state index is -0.360. The molecule has 0 aromatic carbocycles. The van der Waals surface area contributed by atoms with Crippen molar-refractivity contribution in [1.29, 1.82) is 0 Å². The van der Waals surface area contributed by atoms with Gasteiger partial charge in [-0.2, -0.15) is 0 Å². The van der Waals surface area contributed by atoms with Crippen LogP contribution in [0.5, 0.6) is 0 Å². The molecular formula is C14H29N3O2. The number of amides is 2. The van der Waals surface area contributed by atoms with Gasteiger partial charge in [-0.3, -0.25) is 0 Å². The number of hydrogen-bond acceptors (Lipinski definition) is 3. The van der Waals surface area contributed by atoms with Crippen molar-refractivity contribution in [3.05, 3.63) is 0 Å². The Morgan fingerprint density at radius 2 is 1.95 bits per heavy atom. The highest BCUT2D eigenvalue weighted by molar-refractivity contribution is 5.74. The van der Waals surface area contributed by atoms with E-state index >= 15 is 0 Å². The van der Waals surface area contributed by atoms with Crippen molar-refractivity contribution in [3.8, 4) is 0 Å². The molecule has 1 aliphatic rings. The lowest BCUT2D eigenvalue weighted by atomic mass is 10.1. The molecule has 0 radical (unpaired) electrons. The van der Waals surface area contributed by atoms with Gasteiger partial charge in [0, 0.05) is 26.2 Å². The molecule has 0 aromatic heterocycles. The predicted molar refractivity (Wildman–Crippen MR) is 77.2 cm³/mol. The van der Waals surface area contributed by atoms with Crippen LogP contribution in [0.2, 0.25) is 0 Å². The molecule has 1 aliphatic heterocycles. The summed E-state index contributed by atoms with van der Waals surface area (Å²) in [7, 11) is 1.77. The molecule has 2 unspecified atom stereocenters. The molecule has 1 rings (SSSR count). The average molecular weight is 271 g/mol. The Balaban J connectivity index is 2.22. The molecular weight excluding hydrogens is 242 g/mol. The van der Waals surface area contributed by atoms with Crippen molar-refractivity contribution >= 4 is 6.03 Å². The zero-order chi connectivity index (χ0) is 14.3. The van der Waals surface area contributed by atoms with Crippen LogP contribution in [0.15, 0.2) is 0 Å². The van der Waals surface area contributed by atoms with E-state index in [1.54, 1.807) is 18.9 Å². The van der Waals surface area contributed by atoms with Crippen molar-refractivity contribution in [2.45, 2.75) is 51.7 Å². The summed E-state index contributed by atoms with van der Waals surface area (Å²) in [6, 6.07) is 0.116. The first kappa shape index (κ1) is 16.2. The number of aliphatic hydroxyl groups is 1. The average Bonchev–Trinajstić information content (AvgIpc) is 2.36. The van der Waals surface area contributed by atoms with Crippen LogP contribution in [0.25, 0.3) is 0 Å². The van der Waals surface area contributed by atoms with Crippen LogP contribution in [0, 0.1) is 0 Å². The van der Waals surface area contributed by atoms with Gasteiger partial charge in [0.05, 0.1) is 6.10 Å². The van der Waals surface area contributed by atoms with E-state index in [0.717, 1.165) is 19.6 Å². The van der Waals surface area contributed by atoms with Gasteiger partial charge in [0.15, 0.2) is 0 Å². The number of aliphatic hydroxyl groups excluding tert-OH is 1. The summed E-state index contributed by atoms with van der Waals surface area (Å²) in [5, 5.41) is 12.2. The normalized spacial score (nSPS) is 19.8. The minimum absolute atomic E-state index is 0.0508. The topological polar surface area (TPSA) is 55.8 Å². The molecule has 0 bridgehead atoms. The molecule has 0 spiro atoms. The zero-order valence-electron chi connectivity index (χ0n) is 12.6. The Bertz CT molecular complexity index is 265. The van der Waals surface area contributed by atoms with Crippen LogP contribution >= 0.6 is 0 Å². The van der Waals surface area contributed by atoms with Gasteiger partial charge in [-0.1, -0.05) is 6.42 Å². The highest BCUT2D eigenvalue weighted by atomic mass is 16.3. The van der Waals surface area contributed by atoms with Crippen LogP contribution < -0.4 is 5.32 Å². The molecule has 0 saturated carbocycles. The highest BCUT2D eigenvalue weighted by Gasteiger charge is 2.16. The van der Waals surface area contributed by atoms with Crippen LogP contribution in [0.1, 0.15) is 39.5 Å². The van der Waals surface area contributed by atoms with Gasteiger partial charge in [0.25, 0.3) is 0 Å². The van der Waals surface area contributed by atoms with Gasteiger partial charge in [-0.25, -0.2) is 4.79 Å². The molecule has 112 valence electrons. The summed E-state index contributed by atoms with van der Waals surface area (Å²) in [5.74, 6) is 0. The number of carbonyl (C=O) groups excluding carboxylic acids is 1. The van der Waals surface area contributed by atoms with Gasteiger partial charge < -0.3 is 20.2 Å². The van der Waals surface area contributed by atoms with E-state index in [2.05, 4.69) is 17.1 Å². The van der Waals surface area contributed by atoms with E-state index in [-0.39, 0.29) is 18.2 Å². The number of nitrogens with one attached hydrogen (secondary N) is 1. The quantitative estimate of drug-likeness (QED) is 0.765. The van der Waals surface area contributed by atoms with Crippen LogP contribution in [0.3, 0.4) is 0 Å². The fourth-order valence-corrected chi connectivity index (χ4v) is 2.38. The van der Waals surface area contributed by atoms with E-state index in [1.165, 1.54) is 19.3 Å². The second-order valence-electron chi connectivity index (χ2n) is 5.77. The van der Waals surface area contributed by atoms with Crippen molar-refractivity contribution in [2.24, 2.45) is 0 Å². The van der Waals surface area contributed by atoms with Crippen LogP contribution in [-0.2, 0) is 0 Å². The first-order valence-electron chi connectivity index (χ1n) is 7.41. The maximum Gasteiger partial charge on any atom is 0.317 e. The van der Waals surface area contributed by atoms with Gasteiger partial charge in [-0.05, 0) is 46.2 Å². The molecule has 1 heterocycles. The Morgan fingerprint density at radius 1 is 1.32 bits per heavy atom. The van der Waals surface area contributed by atoms with Gasteiger partial charge in [0.2, 0.25) is 0 Å². The van der Waals surface area contributed by atoms with E-state index in [0.29, 0.717) is 13.0 Å². The largest absolute Gasteiger partial charge is 0.393 e. The molecule has 5 heteroatoms. The third kappa shape index (κ3) is 6.78. The molecule has 5 nitrogen and oxygen atoms in total. The minimum Gasteiger partial charge on any atom is -0.393 e. The highest BCUT2D eigenvalue weighted by Crippen LogP contribution is 2.08. The van der Waals surface area contributed by atoms with Crippen LogP contribution in [0.4, 0.5) is 4.79 Å². The van der Waals surface area contributed by atoms with Crippen LogP contribution in [-0.4, -0.2) is 66.3 Å². The lowest BCUT2D eigenvalue weighted by Gasteiger charge is -2.30. The number of likely N-dealkylation sites (tertiary alicyclic amines) is 1. The number of hydrogen-bond donors (Lipinski definition) is 2. The van der Waals surface area contributed by atoms with Crippen molar-refractivity contribution in [3.63, 3.8) is 0 Å². The summed E-state index contributed by atoms with van der Waals surface area (Å²) >= 11 is 0. The van der Waals surface area contributed by atoms with E-state index < -0.39 is 0 Å². The monoisotopic (exact) mass is 271 g/mol. The van der Waals surface area contributed by atoms with E-state index in [4.69, 9.17) is 0 Å². The third-order valence-electron chi connectivity index (χ3n) is 3.58. The molecule has 0 aromatic rings. The second kappa shape index (κ2) is 8.38. The number of carbonyl (C=O) groups is 1. The smallest absolute Gasteiger partial charge is 0.317 e. The second-order valence-corrected chi connectivity index (χ2v) is 5.77. The first-order chi connectivity index (χ1) is 8.99. The summed E-state index contributed by atoms with van der Waals surface area (Å²) in [4.78, 5) is 16.0. The Morgan fingerprint density at radius 3 is 2.53 bits per heavy atom. The maximum absolute atomic E-state index is 11.9. The molecule has 1 fully saturated rings. The van der Waals surface area contributed by atoms with E-state index in [9.17, 15) is 9.90 Å². The predicted octanol–water partition coefficient (Wildman–Crippen LogP) is 1.27. The summed E-state index contributed by atoms with van der Waals surface area (Å²) in [5.41, 5.74) is 0. The fourth-order valence-electron chi connectivity index (χ4n) is 2.38. The lowest BCUT2D eigenvalue weighted by Crippen LogP contribution is -2.48. The summed E-state index contributed by atoms with van der Waals surface area (Å²) < 4.78 is 0. The number of urea groups is 1. The fraction of sp³-hybridized carbons (Fsp3) is 0.929. The zero-order valence-corrected chi connectivity index (χ0v) is 12.6. The lowest BCUT2D eigenvalue weighted by molar-refractivity contribution is 0.159. The Kier molecular flexibility index (Phi) is 7.16.